The van der Waals surface area contributed by atoms with E-state index in [9.17, 15) is 19.5 Å². The molecule has 26 heavy (non-hydrogen) atoms. The molecule has 1 N–H and O–H groups in total. The van der Waals surface area contributed by atoms with Gasteiger partial charge in [-0.2, -0.15) is 0 Å². The Morgan fingerprint density at radius 3 is 2.08 bits per heavy atom. The number of aliphatic carboxylic acids is 1. The number of esters is 2. The SMILES string of the molecule is CC(C)=CC(C(=O)OCCOC(=O)C1CCCCC1C(=O)O)C(C)(C)C. The smallest absolute Gasteiger partial charge is 0.313 e. The molecule has 0 aliphatic heterocycles. The Balaban J connectivity index is 2.49. The Morgan fingerprint density at radius 2 is 1.58 bits per heavy atom. The van der Waals surface area contributed by atoms with Crippen molar-refractivity contribution in [3.05, 3.63) is 11.6 Å². The molecule has 0 amide bonds. The summed E-state index contributed by atoms with van der Waals surface area (Å²) in [5, 5.41) is 9.23. The molecule has 148 valence electrons. The van der Waals surface area contributed by atoms with Crippen molar-refractivity contribution >= 4 is 17.9 Å². The number of carboxylic acids is 1. The van der Waals surface area contributed by atoms with Crippen LogP contribution in [0.25, 0.3) is 0 Å². The summed E-state index contributed by atoms with van der Waals surface area (Å²) < 4.78 is 10.4. The molecule has 3 unspecified atom stereocenters. The lowest BCUT2D eigenvalue weighted by Gasteiger charge is -2.27. The van der Waals surface area contributed by atoms with E-state index in [0.717, 1.165) is 18.4 Å². The molecule has 0 heterocycles. The number of hydrogen-bond donors (Lipinski definition) is 1. The van der Waals surface area contributed by atoms with Gasteiger partial charge in [0, 0.05) is 0 Å². The topological polar surface area (TPSA) is 89.9 Å². The van der Waals surface area contributed by atoms with E-state index in [0.29, 0.717) is 12.8 Å². The summed E-state index contributed by atoms with van der Waals surface area (Å²) in [5.74, 6) is -3.47. The largest absolute Gasteiger partial charge is 0.481 e. The molecule has 1 aliphatic carbocycles. The van der Waals surface area contributed by atoms with Crippen LogP contribution in [0.15, 0.2) is 11.6 Å². The Kier molecular flexibility index (Phi) is 8.31. The van der Waals surface area contributed by atoms with Crippen LogP contribution in [-0.2, 0) is 23.9 Å². The lowest BCUT2D eigenvalue weighted by atomic mass is 9.79. The summed E-state index contributed by atoms with van der Waals surface area (Å²) in [4.78, 5) is 35.8. The number of carbonyl (C=O) groups excluding carboxylic acids is 2. The maximum absolute atomic E-state index is 12.3. The molecule has 1 saturated carbocycles. The van der Waals surface area contributed by atoms with Gasteiger partial charge in [-0.25, -0.2) is 0 Å². The summed E-state index contributed by atoms with van der Waals surface area (Å²) in [5.41, 5.74) is 0.757. The molecule has 1 aliphatic rings. The van der Waals surface area contributed by atoms with Crippen molar-refractivity contribution in [3.63, 3.8) is 0 Å². The van der Waals surface area contributed by atoms with Crippen LogP contribution < -0.4 is 0 Å². The summed E-state index contributed by atoms with van der Waals surface area (Å²) in [6.45, 7) is 9.67. The molecule has 6 heteroatoms. The molecule has 0 aromatic rings. The number of hydrogen-bond acceptors (Lipinski definition) is 5. The Morgan fingerprint density at radius 1 is 1.04 bits per heavy atom. The first-order chi connectivity index (χ1) is 12.0. The highest BCUT2D eigenvalue weighted by atomic mass is 16.6. The average molecular weight is 368 g/mol. The third-order valence-electron chi connectivity index (χ3n) is 4.64. The van der Waals surface area contributed by atoms with Gasteiger partial charge in [0.1, 0.15) is 13.2 Å². The maximum Gasteiger partial charge on any atom is 0.313 e. The summed E-state index contributed by atoms with van der Waals surface area (Å²) >= 11 is 0. The molecular weight excluding hydrogens is 336 g/mol. The molecular formula is C20H32O6. The van der Waals surface area contributed by atoms with Crippen molar-refractivity contribution in [2.45, 2.75) is 60.3 Å². The number of ether oxygens (including phenoxy) is 2. The zero-order valence-electron chi connectivity index (χ0n) is 16.5. The van der Waals surface area contributed by atoms with Crippen LogP contribution in [0.1, 0.15) is 60.3 Å². The minimum absolute atomic E-state index is 0.0296. The van der Waals surface area contributed by atoms with E-state index in [2.05, 4.69) is 0 Å². The van der Waals surface area contributed by atoms with Crippen molar-refractivity contribution in [3.8, 4) is 0 Å². The highest BCUT2D eigenvalue weighted by Gasteiger charge is 2.37. The Labute approximate surface area is 155 Å². The van der Waals surface area contributed by atoms with Crippen molar-refractivity contribution in [1.29, 1.82) is 0 Å². The van der Waals surface area contributed by atoms with E-state index in [1.807, 2.05) is 40.7 Å². The Hall–Kier alpha value is -1.85. The molecule has 1 rings (SSSR count). The fourth-order valence-corrected chi connectivity index (χ4v) is 3.19. The first kappa shape index (κ1) is 22.2. The van der Waals surface area contributed by atoms with Gasteiger partial charge in [-0.1, -0.05) is 45.3 Å². The molecule has 0 aromatic heterocycles. The summed E-state index contributed by atoms with van der Waals surface area (Å²) in [6.07, 6.45) is 4.56. The van der Waals surface area contributed by atoms with E-state index in [1.165, 1.54) is 0 Å². The van der Waals surface area contributed by atoms with E-state index in [1.54, 1.807) is 0 Å². The van der Waals surface area contributed by atoms with E-state index in [-0.39, 0.29) is 30.5 Å². The number of rotatable bonds is 7. The highest BCUT2D eigenvalue weighted by molar-refractivity contribution is 5.81. The van der Waals surface area contributed by atoms with Gasteiger partial charge in [-0.15, -0.1) is 0 Å². The van der Waals surface area contributed by atoms with Gasteiger partial charge in [0.15, 0.2) is 0 Å². The first-order valence-electron chi connectivity index (χ1n) is 9.25. The van der Waals surface area contributed by atoms with Gasteiger partial charge < -0.3 is 14.6 Å². The second-order valence-electron chi connectivity index (χ2n) is 8.26. The fraction of sp³-hybridized carbons (Fsp3) is 0.750. The zero-order valence-corrected chi connectivity index (χ0v) is 16.5. The van der Waals surface area contributed by atoms with Gasteiger partial charge in [0.2, 0.25) is 0 Å². The molecule has 1 fully saturated rings. The molecule has 0 spiro atoms. The number of carbonyl (C=O) groups is 3. The lowest BCUT2D eigenvalue weighted by molar-refractivity contribution is -0.163. The Bertz CT molecular complexity index is 539. The van der Waals surface area contributed by atoms with Crippen LogP contribution in [0.4, 0.5) is 0 Å². The van der Waals surface area contributed by atoms with Gasteiger partial charge in [0.25, 0.3) is 0 Å². The third kappa shape index (κ3) is 6.81. The lowest BCUT2D eigenvalue weighted by Crippen LogP contribution is -2.34. The normalized spacial score (nSPS) is 21.4. The van der Waals surface area contributed by atoms with E-state index >= 15 is 0 Å². The third-order valence-corrected chi connectivity index (χ3v) is 4.64. The summed E-state index contributed by atoms with van der Waals surface area (Å²) in [7, 11) is 0. The predicted octanol–water partition coefficient (Wildman–Crippen LogP) is 3.59. The molecule has 0 aromatic carbocycles. The van der Waals surface area contributed by atoms with E-state index in [4.69, 9.17) is 9.47 Å². The van der Waals surface area contributed by atoms with Crippen LogP contribution >= 0.6 is 0 Å². The van der Waals surface area contributed by atoms with Crippen molar-refractivity contribution in [2.75, 3.05) is 13.2 Å². The zero-order chi connectivity index (χ0) is 19.9. The molecule has 3 atom stereocenters. The van der Waals surface area contributed by atoms with Gasteiger partial charge in [-0.3, -0.25) is 14.4 Å². The standard InChI is InChI=1S/C20H32O6/c1-13(2)12-16(20(3,4)5)19(24)26-11-10-25-18(23)15-9-7-6-8-14(15)17(21)22/h12,14-16H,6-11H2,1-5H3,(H,21,22). The van der Waals surface area contributed by atoms with Gasteiger partial charge in [-0.05, 0) is 32.1 Å². The highest BCUT2D eigenvalue weighted by Crippen LogP contribution is 2.31. The van der Waals surface area contributed by atoms with Crippen molar-refractivity contribution in [1.82, 2.24) is 0 Å². The van der Waals surface area contributed by atoms with Crippen LogP contribution in [0.5, 0.6) is 0 Å². The van der Waals surface area contributed by atoms with Gasteiger partial charge in [0.05, 0.1) is 17.8 Å². The second kappa shape index (κ2) is 9.74. The van der Waals surface area contributed by atoms with Crippen molar-refractivity contribution < 1.29 is 29.0 Å². The van der Waals surface area contributed by atoms with Gasteiger partial charge >= 0.3 is 17.9 Å². The molecule has 0 saturated heterocycles. The first-order valence-corrected chi connectivity index (χ1v) is 9.25. The monoisotopic (exact) mass is 368 g/mol. The number of allylic oxidation sites excluding steroid dienone is 1. The van der Waals surface area contributed by atoms with Crippen LogP contribution in [0.2, 0.25) is 0 Å². The fourth-order valence-electron chi connectivity index (χ4n) is 3.19. The maximum atomic E-state index is 12.3. The summed E-state index contributed by atoms with van der Waals surface area (Å²) in [6, 6.07) is 0. The van der Waals surface area contributed by atoms with Crippen molar-refractivity contribution in [2.24, 2.45) is 23.2 Å². The van der Waals surface area contributed by atoms with Crippen LogP contribution in [0.3, 0.4) is 0 Å². The quantitative estimate of drug-likeness (QED) is 0.419. The van der Waals surface area contributed by atoms with Crippen LogP contribution in [-0.4, -0.2) is 36.2 Å². The molecule has 0 radical (unpaired) electrons. The average Bonchev–Trinajstić information content (AvgIpc) is 2.55. The predicted molar refractivity (Wildman–Crippen MR) is 97.4 cm³/mol. The second-order valence-corrected chi connectivity index (χ2v) is 8.26. The minimum Gasteiger partial charge on any atom is -0.481 e. The molecule has 6 nitrogen and oxygen atoms in total. The minimum atomic E-state index is -0.951. The van der Waals surface area contributed by atoms with E-state index < -0.39 is 23.8 Å². The number of carboxylic acid groups (broad SMARTS) is 1. The molecule has 0 bridgehead atoms. The van der Waals surface area contributed by atoms with Crippen LogP contribution in [0, 0.1) is 23.2 Å².